The van der Waals surface area contributed by atoms with E-state index in [1.54, 1.807) is 14.2 Å². The van der Waals surface area contributed by atoms with E-state index in [-0.39, 0.29) is 0 Å². The van der Waals surface area contributed by atoms with Crippen LogP contribution >= 0.6 is 11.6 Å². The lowest BCUT2D eigenvalue weighted by atomic mass is 10.1. The lowest BCUT2D eigenvalue weighted by Crippen LogP contribution is -2.07. The van der Waals surface area contributed by atoms with Crippen LogP contribution in [0.15, 0.2) is 42.5 Å². The number of nitrogens with one attached hydrogen (secondary N) is 1. The third-order valence-corrected chi connectivity index (χ3v) is 4.38. The van der Waals surface area contributed by atoms with Gasteiger partial charge in [0, 0.05) is 17.0 Å². The van der Waals surface area contributed by atoms with Crippen molar-refractivity contribution in [3.8, 4) is 11.5 Å². The van der Waals surface area contributed by atoms with Crippen LogP contribution in [0.1, 0.15) is 11.1 Å². The first-order chi connectivity index (χ1) is 12.1. The van der Waals surface area contributed by atoms with E-state index in [0.29, 0.717) is 5.02 Å². The molecule has 1 heterocycles. The Balaban J connectivity index is 1.71. The van der Waals surface area contributed by atoms with Crippen molar-refractivity contribution in [1.29, 1.82) is 0 Å². The molecule has 1 aromatic heterocycles. The Hall–Kier alpha value is -2.46. The molecule has 0 saturated carbocycles. The van der Waals surface area contributed by atoms with Crippen LogP contribution < -0.4 is 14.8 Å². The summed E-state index contributed by atoms with van der Waals surface area (Å²) < 4.78 is 10.6. The van der Waals surface area contributed by atoms with E-state index in [9.17, 15) is 0 Å². The number of halogens is 1. The van der Waals surface area contributed by atoms with Crippen molar-refractivity contribution in [2.45, 2.75) is 13.3 Å². The average molecular weight is 357 g/mol. The fourth-order valence-corrected chi connectivity index (χ4v) is 3.00. The van der Waals surface area contributed by atoms with Gasteiger partial charge in [0.25, 0.3) is 0 Å². The van der Waals surface area contributed by atoms with Crippen LogP contribution in [0.3, 0.4) is 0 Å². The SMILES string of the molecule is COc1ccc(CCNc2cc(C)c3ccc(Cl)cc3n2)cc1OC. The first-order valence-corrected chi connectivity index (χ1v) is 8.50. The van der Waals surface area contributed by atoms with Crippen LogP contribution in [0.25, 0.3) is 10.9 Å². The van der Waals surface area contributed by atoms with E-state index >= 15 is 0 Å². The van der Waals surface area contributed by atoms with E-state index in [4.69, 9.17) is 21.1 Å². The summed E-state index contributed by atoms with van der Waals surface area (Å²) in [5.74, 6) is 2.34. The van der Waals surface area contributed by atoms with Gasteiger partial charge in [0.15, 0.2) is 11.5 Å². The summed E-state index contributed by atoms with van der Waals surface area (Å²) in [4.78, 5) is 4.65. The van der Waals surface area contributed by atoms with Crippen molar-refractivity contribution in [1.82, 2.24) is 4.98 Å². The monoisotopic (exact) mass is 356 g/mol. The Morgan fingerprint density at radius 1 is 1.00 bits per heavy atom. The second kappa shape index (κ2) is 7.62. The van der Waals surface area contributed by atoms with E-state index in [0.717, 1.165) is 41.2 Å². The van der Waals surface area contributed by atoms with Crippen LogP contribution in [0, 0.1) is 6.92 Å². The second-order valence-corrected chi connectivity index (χ2v) is 6.29. The number of pyridine rings is 1. The van der Waals surface area contributed by atoms with Crippen molar-refractivity contribution in [3.63, 3.8) is 0 Å². The topological polar surface area (TPSA) is 43.4 Å². The zero-order valence-corrected chi connectivity index (χ0v) is 15.4. The Morgan fingerprint density at radius 3 is 2.56 bits per heavy atom. The summed E-state index contributed by atoms with van der Waals surface area (Å²) in [6.45, 7) is 2.85. The summed E-state index contributed by atoms with van der Waals surface area (Å²) in [7, 11) is 3.28. The molecule has 3 aromatic rings. The van der Waals surface area contributed by atoms with E-state index in [1.807, 2.05) is 36.4 Å². The second-order valence-electron chi connectivity index (χ2n) is 5.85. The molecule has 0 amide bonds. The number of rotatable bonds is 6. The van der Waals surface area contributed by atoms with Crippen molar-refractivity contribution < 1.29 is 9.47 Å². The van der Waals surface area contributed by atoms with Gasteiger partial charge in [0.2, 0.25) is 0 Å². The predicted octanol–water partition coefficient (Wildman–Crippen LogP) is 4.87. The van der Waals surface area contributed by atoms with Gasteiger partial charge in [-0.1, -0.05) is 23.7 Å². The summed E-state index contributed by atoms with van der Waals surface area (Å²) in [5, 5.41) is 5.20. The number of anilines is 1. The van der Waals surface area contributed by atoms with E-state index < -0.39 is 0 Å². The van der Waals surface area contributed by atoms with Gasteiger partial charge in [-0.25, -0.2) is 4.98 Å². The average Bonchev–Trinajstić information content (AvgIpc) is 2.61. The molecule has 5 heteroatoms. The molecule has 0 aliphatic rings. The Morgan fingerprint density at radius 2 is 1.80 bits per heavy atom. The third kappa shape index (κ3) is 3.97. The first-order valence-electron chi connectivity index (χ1n) is 8.12. The minimum atomic E-state index is 0.696. The number of aromatic nitrogens is 1. The normalized spacial score (nSPS) is 10.7. The van der Waals surface area contributed by atoms with Crippen molar-refractivity contribution in [3.05, 3.63) is 58.6 Å². The zero-order valence-electron chi connectivity index (χ0n) is 14.6. The quantitative estimate of drug-likeness (QED) is 0.684. The number of ether oxygens (including phenoxy) is 2. The molecule has 0 spiro atoms. The number of nitrogens with zero attached hydrogens (tertiary/aromatic N) is 1. The molecule has 0 aliphatic carbocycles. The maximum absolute atomic E-state index is 6.08. The Labute approximate surface area is 152 Å². The van der Waals surface area contributed by atoms with Gasteiger partial charge in [-0.15, -0.1) is 0 Å². The number of hydrogen-bond acceptors (Lipinski definition) is 4. The summed E-state index contributed by atoms with van der Waals surface area (Å²) in [6.07, 6.45) is 0.856. The molecule has 0 unspecified atom stereocenters. The maximum atomic E-state index is 6.08. The number of aryl methyl sites for hydroxylation is 1. The van der Waals surface area contributed by atoms with Crippen LogP contribution in [0.2, 0.25) is 5.02 Å². The van der Waals surface area contributed by atoms with Gasteiger partial charge in [0.1, 0.15) is 5.82 Å². The Bertz CT molecular complexity index is 896. The Kier molecular flexibility index (Phi) is 5.29. The molecule has 2 aromatic carbocycles. The molecule has 4 nitrogen and oxygen atoms in total. The molecule has 0 aliphatic heterocycles. The van der Waals surface area contributed by atoms with Crippen LogP contribution in [0.5, 0.6) is 11.5 Å². The molecule has 25 heavy (non-hydrogen) atoms. The van der Waals surface area contributed by atoms with Crippen LogP contribution in [0.4, 0.5) is 5.82 Å². The number of methoxy groups -OCH3 is 2. The number of fused-ring (bicyclic) bond motifs is 1. The number of hydrogen-bond donors (Lipinski definition) is 1. The highest BCUT2D eigenvalue weighted by Gasteiger charge is 2.06. The highest BCUT2D eigenvalue weighted by molar-refractivity contribution is 6.31. The highest BCUT2D eigenvalue weighted by atomic mass is 35.5. The lowest BCUT2D eigenvalue weighted by Gasteiger charge is -2.11. The molecular formula is C20H21ClN2O2. The summed E-state index contributed by atoms with van der Waals surface area (Å²) in [5.41, 5.74) is 3.25. The largest absolute Gasteiger partial charge is 0.493 e. The molecular weight excluding hydrogens is 336 g/mol. The van der Waals surface area contributed by atoms with Gasteiger partial charge < -0.3 is 14.8 Å². The van der Waals surface area contributed by atoms with Crippen molar-refractivity contribution in [2.24, 2.45) is 0 Å². The molecule has 3 rings (SSSR count). The molecule has 0 atom stereocenters. The highest BCUT2D eigenvalue weighted by Crippen LogP contribution is 2.28. The molecule has 0 radical (unpaired) electrons. The third-order valence-electron chi connectivity index (χ3n) is 4.15. The minimum Gasteiger partial charge on any atom is -0.493 e. The van der Waals surface area contributed by atoms with Gasteiger partial charge in [-0.05, 0) is 54.8 Å². The van der Waals surface area contributed by atoms with Crippen molar-refractivity contribution >= 4 is 28.3 Å². The predicted molar refractivity (Wildman–Crippen MR) is 103 cm³/mol. The molecule has 0 bridgehead atoms. The van der Waals surface area contributed by atoms with Gasteiger partial charge in [-0.3, -0.25) is 0 Å². The van der Waals surface area contributed by atoms with E-state index in [1.165, 1.54) is 11.1 Å². The molecule has 0 saturated heterocycles. The smallest absolute Gasteiger partial charge is 0.160 e. The van der Waals surface area contributed by atoms with Crippen LogP contribution in [-0.2, 0) is 6.42 Å². The zero-order chi connectivity index (χ0) is 17.8. The molecule has 1 N–H and O–H groups in total. The molecule has 130 valence electrons. The molecule has 0 fully saturated rings. The fourth-order valence-electron chi connectivity index (χ4n) is 2.84. The standard InChI is InChI=1S/C20H21ClN2O2/c1-13-10-20(23-17-12-15(21)5-6-16(13)17)22-9-8-14-4-7-18(24-2)19(11-14)25-3/h4-7,10-12H,8-9H2,1-3H3,(H,22,23). The lowest BCUT2D eigenvalue weighted by molar-refractivity contribution is 0.354. The summed E-state index contributed by atoms with van der Waals surface area (Å²) >= 11 is 6.08. The van der Waals surface area contributed by atoms with E-state index in [2.05, 4.69) is 23.3 Å². The van der Waals surface area contributed by atoms with Gasteiger partial charge in [-0.2, -0.15) is 0 Å². The van der Waals surface area contributed by atoms with Crippen molar-refractivity contribution in [2.75, 3.05) is 26.1 Å². The maximum Gasteiger partial charge on any atom is 0.160 e. The van der Waals surface area contributed by atoms with Gasteiger partial charge >= 0.3 is 0 Å². The van der Waals surface area contributed by atoms with Gasteiger partial charge in [0.05, 0.1) is 19.7 Å². The minimum absolute atomic E-state index is 0.696. The number of benzene rings is 2. The van der Waals surface area contributed by atoms with Crippen LogP contribution in [-0.4, -0.2) is 25.7 Å². The first kappa shape index (κ1) is 17.4. The summed E-state index contributed by atoms with van der Waals surface area (Å²) in [6, 6.07) is 13.8. The fraction of sp³-hybridized carbons (Fsp3) is 0.250.